The zero-order chi connectivity index (χ0) is 12.2. The van der Waals surface area contributed by atoms with Gasteiger partial charge in [-0.1, -0.05) is 0 Å². The van der Waals surface area contributed by atoms with Crippen molar-refractivity contribution in [2.45, 2.75) is 19.0 Å². The number of nitrogens with zero attached hydrogens (tertiary/aromatic N) is 1. The van der Waals surface area contributed by atoms with E-state index in [-0.39, 0.29) is 13.0 Å². The third-order valence-electron chi connectivity index (χ3n) is 1.62. The van der Waals surface area contributed by atoms with Gasteiger partial charge >= 0.3 is 6.18 Å². The fraction of sp³-hybridized carbons (Fsp3) is 0.444. The van der Waals surface area contributed by atoms with E-state index in [0.29, 0.717) is 10.4 Å². The molecule has 1 aromatic heterocycles. The number of hydrogen-bond donors (Lipinski definition) is 0. The highest BCUT2D eigenvalue weighted by atomic mass is 79.9. The van der Waals surface area contributed by atoms with Crippen LogP contribution in [-0.2, 0) is 0 Å². The van der Waals surface area contributed by atoms with Gasteiger partial charge in [-0.15, -0.1) is 0 Å². The normalized spacial score (nSPS) is 11.6. The van der Waals surface area contributed by atoms with E-state index in [9.17, 15) is 13.2 Å². The van der Waals surface area contributed by atoms with E-state index in [0.717, 1.165) is 4.47 Å². The standard InChI is InChI=1S/C9H8Br2F3NO/c10-6-4-7(11)8(15-5-6)16-3-1-2-9(12,13)14/h4-5H,1-3H2. The van der Waals surface area contributed by atoms with Crippen molar-refractivity contribution in [3.05, 3.63) is 21.2 Å². The lowest BCUT2D eigenvalue weighted by atomic mass is 10.3. The first-order valence-electron chi connectivity index (χ1n) is 4.39. The van der Waals surface area contributed by atoms with Gasteiger partial charge in [0.05, 0.1) is 11.1 Å². The van der Waals surface area contributed by atoms with Gasteiger partial charge in [0, 0.05) is 17.1 Å². The maximum Gasteiger partial charge on any atom is 0.389 e. The Bertz CT molecular complexity index is 357. The fourth-order valence-electron chi connectivity index (χ4n) is 0.950. The predicted octanol–water partition coefficient (Wildman–Crippen LogP) is 4.33. The molecule has 0 bridgehead atoms. The summed E-state index contributed by atoms with van der Waals surface area (Å²) in [5.41, 5.74) is 0. The molecule has 0 aliphatic rings. The molecule has 0 amide bonds. The number of alkyl halides is 3. The lowest BCUT2D eigenvalue weighted by Gasteiger charge is -2.08. The molecule has 0 radical (unpaired) electrons. The highest BCUT2D eigenvalue weighted by molar-refractivity contribution is 9.11. The molecule has 0 fully saturated rings. The monoisotopic (exact) mass is 361 g/mol. The summed E-state index contributed by atoms with van der Waals surface area (Å²) in [6, 6.07) is 1.71. The van der Waals surface area contributed by atoms with Gasteiger partial charge in [0.2, 0.25) is 5.88 Å². The maximum absolute atomic E-state index is 11.8. The summed E-state index contributed by atoms with van der Waals surface area (Å²) in [6.45, 7) is -0.00720. The molecule has 1 rings (SSSR count). The average Bonchev–Trinajstić information content (AvgIpc) is 2.13. The Balaban J connectivity index is 2.38. The van der Waals surface area contributed by atoms with Crippen LogP contribution in [0, 0.1) is 0 Å². The van der Waals surface area contributed by atoms with Gasteiger partial charge in [-0.05, 0) is 44.3 Å². The van der Waals surface area contributed by atoms with Crippen molar-refractivity contribution in [3.63, 3.8) is 0 Å². The summed E-state index contributed by atoms with van der Waals surface area (Å²) in [4.78, 5) is 3.91. The van der Waals surface area contributed by atoms with Crippen LogP contribution in [0.25, 0.3) is 0 Å². The van der Waals surface area contributed by atoms with Crippen LogP contribution in [-0.4, -0.2) is 17.8 Å². The summed E-state index contributed by atoms with van der Waals surface area (Å²) >= 11 is 6.41. The molecule has 0 aliphatic heterocycles. The SMILES string of the molecule is FC(F)(F)CCCOc1ncc(Br)cc1Br. The Morgan fingerprint density at radius 1 is 1.31 bits per heavy atom. The first-order valence-corrected chi connectivity index (χ1v) is 5.98. The highest BCUT2D eigenvalue weighted by Crippen LogP contribution is 2.26. The van der Waals surface area contributed by atoms with Crippen LogP contribution < -0.4 is 4.74 Å². The second-order valence-electron chi connectivity index (χ2n) is 3.01. The first kappa shape index (κ1) is 13.8. The second-order valence-corrected chi connectivity index (χ2v) is 4.78. The van der Waals surface area contributed by atoms with Crippen molar-refractivity contribution in [1.29, 1.82) is 0 Å². The molecule has 7 heteroatoms. The van der Waals surface area contributed by atoms with Crippen LogP contribution in [0.1, 0.15) is 12.8 Å². The Morgan fingerprint density at radius 3 is 2.56 bits per heavy atom. The largest absolute Gasteiger partial charge is 0.477 e. The van der Waals surface area contributed by atoms with Crippen molar-refractivity contribution < 1.29 is 17.9 Å². The number of ether oxygens (including phenoxy) is 1. The van der Waals surface area contributed by atoms with Crippen LogP contribution in [0.15, 0.2) is 21.2 Å². The molecule has 0 atom stereocenters. The third kappa shape index (κ3) is 5.16. The molecular formula is C9H8Br2F3NO. The summed E-state index contributed by atoms with van der Waals surface area (Å²) in [7, 11) is 0. The van der Waals surface area contributed by atoms with E-state index in [1.807, 2.05) is 0 Å². The van der Waals surface area contributed by atoms with Crippen LogP contribution in [0.2, 0.25) is 0 Å². The zero-order valence-electron chi connectivity index (χ0n) is 8.02. The number of aromatic nitrogens is 1. The van der Waals surface area contributed by atoms with E-state index in [2.05, 4.69) is 36.8 Å². The van der Waals surface area contributed by atoms with E-state index in [4.69, 9.17) is 4.74 Å². The van der Waals surface area contributed by atoms with Crippen LogP contribution >= 0.6 is 31.9 Å². The van der Waals surface area contributed by atoms with Crippen LogP contribution in [0.4, 0.5) is 13.2 Å². The molecule has 0 unspecified atom stereocenters. The van der Waals surface area contributed by atoms with Crippen LogP contribution in [0.5, 0.6) is 5.88 Å². The van der Waals surface area contributed by atoms with Gasteiger partial charge in [0.15, 0.2) is 0 Å². The highest BCUT2D eigenvalue weighted by Gasteiger charge is 2.26. The second kappa shape index (κ2) is 5.86. The Labute approximate surface area is 107 Å². The molecule has 0 saturated heterocycles. The summed E-state index contributed by atoms with van der Waals surface area (Å²) in [6.07, 6.45) is -3.54. The predicted molar refractivity (Wildman–Crippen MR) is 60.4 cm³/mol. The number of pyridine rings is 1. The molecule has 0 aromatic carbocycles. The van der Waals surface area contributed by atoms with E-state index in [1.54, 1.807) is 6.07 Å². The smallest absolute Gasteiger partial charge is 0.389 e. The molecule has 16 heavy (non-hydrogen) atoms. The number of halogens is 5. The summed E-state index contributed by atoms with van der Waals surface area (Å²) in [5, 5.41) is 0. The molecular weight excluding hydrogens is 355 g/mol. The molecule has 1 heterocycles. The van der Waals surface area contributed by atoms with Gasteiger partial charge in [0.1, 0.15) is 0 Å². The van der Waals surface area contributed by atoms with Gasteiger partial charge in [0.25, 0.3) is 0 Å². The molecule has 2 nitrogen and oxygen atoms in total. The van der Waals surface area contributed by atoms with Crippen molar-refractivity contribution in [2.75, 3.05) is 6.61 Å². The Hall–Kier alpha value is -0.300. The quantitative estimate of drug-likeness (QED) is 0.744. The van der Waals surface area contributed by atoms with Crippen molar-refractivity contribution in [1.82, 2.24) is 4.98 Å². The molecule has 0 spiro atoms. The number of hydrogen-bond acceptors (Lipinski definition) is 2. The van der Waals surface area contributed by atoms with Gasteiger partial charge in [-0.3, -0.25) is 0 Å². The van der Waals surface area contributed by atoms with Crippen molar-refractivity contribution >= 4 is 31.9 Å². The maximum atomic E-state index is 11.8. The summed E-state index contributed by atoms with van der Waals surface area (Å²) < 4.78 is 42.0. The molecule has 0 N–H and O–H groups in total. The van der Waals surface area contributed by atoms with E-state index < -0.39 is 12.6 Å². The summed E-state index contributed by atoms with van der Waals surface area (Å²) in [5.74, 6) is 0.297. The first-order chi connectivity index (χ1) is 7.38. The zero-order valence-corrected chi connectivity index (χ0v) is 11.2. The van der Waals surface area contributed by atoms with Crippen LogP contribution in [0.3, 0.4) is 0 Å². The van der Waals surface area contributed by atoms with E-state index in [1.165, 1.54) is 6.20 Å². The van der Waals surface area contributed by atoms with Gasteiger partial charge in [-0.2, -0.15) is 13.2 Å². The van der Waals surface area contributed by atoms with E-state index >= 15 is 0 Å². The molecule has 90 valence electrons. The minimum atomic E-state index is -4.13. The van der Waals surface area contributed by atoms with Gasteiger partial charge in [-0.25, -0.2) is 4.98 Å². The minimum absolute atomic E-state index is 0.00720. The number of rotatable bonds is 4. The van der Waals surface area contributed by atoms with Crippen molar-refractivity contribution in [2.24, 2.45) is 0 Å². The average molecular weight is 363 g/mol. The minimum Gasteiger partial charge on any atom is -0.477 e. The molecule has 0 aliphatic carbocycles. The van der Waals surface area contributed by atoms with Crippen molar-refractivity contribution in [3.8, 4) is 5.88 Å². The Morgan fingerprint density at radius 2 is 2.00 bits per heavy atom. The lowest BCUT2D eigenvalue weighted by molar-refractivity contribution is -0.136. The third-order valence-corrected chi connectivity index (χ3v) is 2.62. The lowest BCUT2D eigenvalue weighted by Crippen LogP contribution is -2.10. The molecule has 0 saturated carbocycles. The Kier molecular flexibility index (Phi) is 5.04. The van der Waals surface area contributed by atoms with Gasteiger partial charge < -0.3 is 4.74 Å². The molecule has 1 aromatic rings. The topological polar surface area (TPSA) is 22.1 Å². The fourth-order valence-corrected chi connectivity index (χ4v) is 2.05.